The molecule has 0 unspecified atom stereocenters. The fourth-order valence-corrected chi connectivity index (χ4v) is 3.16. The average Bonchev–Trinajstić information content (AvgIpc) is 3.32. The zero-order valence-corrected chi connectivity index (χ0v) is 15.5. The highest BCUT2D eigenvalue weighted by Gasteiger charge is 2.13. The Morgan fingerprint density at radius 1 is 0.926 bits per heavy atom. The summed E-state index contributed by atoms with van der Waals surface area (Å²) in [5.41, 5.74) is 2.23. The predicted octanol–water partition coefficient (Wildman–Crippen LogP) is 3.46. The van der Waals surface area contributed by atoms with Crippen LogP contribution >= 0.6 is 0 Å². The van der Waals surface area contributed by atoms with Crippen LogP contribution in [-0.2, 0) is 32.0 Å². The van der Waals surface area contributed by atoms with Gasteiger partial charge in [-0.3, -0.25) is 0 Å². The third kappa shape index (κ3) is 4.20. The lowest BCUT2D eigenvalue weighted by molar-refractivity contribution is 0.381. The summed E-state index contributed by atoms with van der Waals surface area (Å²) in [6.07, 6.45) is 2.35. The van der Waals surface area contributed by atoms with Crippen LogP contribution in [0.15, 0.2) is 70.3 Å². The van der Waals surface area contributed by atoms with Crippen LogP contribution in [0.2, 0.25) is 0 Å². The second kappa shape index (κ2) is 8.09. The summed E-state index contributed by atoms with van der Waals surface area (Å²) in [6.45, 7) is 0.760. The topological polar surface area (TPSA) is 69.6 Å². The van der Waals surface area contributed by atoms with Gasteiger partial charge in [0.2, 0.25) is 11.7 Å². The summed E-state index contributed by atoms with van der Waals surface area (Å²) in [5.74, 6) is 1.82. The summed E-state index contributed by atoms with van der Waals surface area (Å²) in [7, 11) is 0. The largest absolute Gasteiger partial charge is 0.740 e. The van der Waals surface area contributed by atoms with E-state index in [0.29, 0.717) is 23.3 Å². The van der Waals surface area contributed by atoms with Crippen molar-refractivity contribution in [2.75, 3.05) is 0 Å². The number of hydrogen-bond acceptors (Lipinski definition) is 6. The molecule has 0 spiro atoms. The normalized spacial score (nSPS) is 11.0. The van der Waals surface area contributed by atoms with E-state index in [1.807, 2.05) is 41.0 Å². The molecule has 4 rings (SSSR count). The molecule has 0 aliphatic carbocycles. The molecule has 27 heavy (non-hydrogen) atoms. The van der Waals surface area contributed by atoms with Crippen molar-refractivity contribution in [2.24, 2.45) is 0 Å². The van der Waals surface area contributed by atoms with E-state index in [0.717, 1.165) is 30.8 Å². The summed E-state index contributed by atoms with van der Waals surface area (Å²) < 4.78 is 7.33. The molecule has 0 fully saturated rings. The first-order valence-electron chi connectivity index (χ1n) is 8.80. The monoisotopic (exact) mass is 376 g/mol. The molecule has 0 radical (unpaired) electrons. The van der Waals surface area contributed by atoms with Gasteiger partial charge < -0.3 is 21.7 Å². The highest BCUT2D eigenvalue weighted by atomic mass is 32.1. The molecule has 0 bridgehead atoms. The number of hydrogen-bond donors (Lipinski definition) is 0. The first kappa shape index (κ1) is 17.4. The summed E-state index contributed by atoms with van der Waals surface area (Å²) in [6, 6.07) is 20.1. The fourth-order valence-electron chi connectivity index (χ4n) is 2.93. The third-order valence-corrected chi connectivity index (χ3v) is 4.59. The van der Waals surface area contributed by atoms with Crippen LogP contribution < -0.4 is 0 Å². The van der Waals surface area contributed by atoms with Crippen molar-refractivity contribution in [3.8, 4) is 11.4 Å². The van der Waals surface area contributed by atoms with Crippen LogP contribution in [0.3, 0.4) is 0 Å². The maximum absolute atomic E-state index is 5.38. The number of aryl methyl sites for hydroxylation is 1. The van der Waals surface area contributed by atoms with Gasteiger partial charge in [0.25, 0.3) is 0 Å². The van der Waals surface area contributed by atoms with Gasteiger partial charge in [0.15, 0.2) is 0 Å². The van der Waals surface area contributed by atoms with Crippen molar-refractivity contribution in [1.82, 2.24) is 24.9 Å². The molecule has 0 atom stereocenters. The number of benzene rings is 2. The summed E-state index contributed by atoms with van der Waals surface area (Å²) >= 11 is 5.32. The maximum atomic E-state index is 5.38. The molecular weight excluding hydrogens is 358 g/mol. The minimum atomic E-state index is 0.412. The molecule has 2 aromatic heterocycles. The Balaban J connectivity index is 1.43. The molecule has 0 saturated heterocycles. The van der Waals surface area contributed by atoms with E-state index in [2.05, 4.69) is 44.6 Å². The van der Waals surface area contributed by atoms with E-state index in [1.54, 1.807) is 0 Å². The van der Waals surface area contributed by atoms with E-state index in [1.165, 1.54) is 5.56 Å². The van der Waals surface area contributed by atoms with Crippen molar-refractivity contribution in [1.29, 1.82) is 0 Å². The zero-order chi connectivity index (χ0) is 18.5. The SMILES string of the molecule is [S-]c1nnc(Cc2nc(-c3ccccc3)no2)n1CCCc1ccccc1. The molecule has 2 heterocycles. The standard InChI is InChI=1S/C20H19N5OS/c27-20-23-22-17(25(20)13-7-10-15-8-3-1-4-9-15)14-18-21-19(24-26-18)16-11-5-2-6-12-16/h1-6,8-9,11-12H,7,10,13-14H2,(H,23,27)/p-1. The second-order valence-electron chi connectivity index (χ2n) is 6.19. The Kier molecular flexibility index (Phi) is 5.20. The van der Waals surface area contributed by atoms with Crippen LogP contribution in [0.25, 0.3) is 11.4 Å². The molecule has 4 aromatic rings. The van der Waals surface area contributed by atoms with Crippen LogP contribution in [-0.4, -0.2) is 24.9 Å². The Morgan fingerprint density at radius 2 is 1.67 bits per heavy atom. The second-order valence-corrected chi connectivity index (χ2v) is 6.56. The van der Waals surface area contributed by atoms with Gasteiger partial charge >= 0.3 is 0 Å². The molecular formula is C20H18N5OS-. The van der Waals surface area contributed by atoms with Crippen LogP contribution in [0.4, 0.5) is 0 Å². The highest BCUT2D eigenvalue weighted by Crippen LogP contribution is 2.17. The molecule has 6 nitrogen and oxygen atoms in total. The fraction of sp³-hybridized carbons (Fsp3) is 0.200. The van der Waals surface area contributed by atoms with Gasteiger partial charge in [-0.25, -0.2) is 0 Å². The van der Waals surface area contributed by atoms with Gasteiger partial charge in [0.1, 0.15) is 5.82 Å². The number of nitrogens with zero attached hydrogens (tertiary/aromatic N) is 5. The Labute approximate surface area is 162 Å². The maximum Gasteiger partial charge on any atom is 0.234 e. The van der Waals surface area contributed by atoms with Gasteiger partial charge in [-0.1, -0.05) is 65.8 Å². The third-order valence-electron chi connectivity index (χ3n) is 4.29. The van der Waals surface area contributed by atoms with Crippen molar-refractivity contribution < 1.29 is 4.52 Å². The lowest BCUT2D eigenvalue weighted by atomic mass is 10.1. The lowest BCUT2D eigenvalue weighted by Crippen LogP contribution is -2.07. The first-order chi connectivity index (χ1) is 13.3. The smallest absolute Gasteiger partial charge is 0.234 e. The summed E-state index contributed by atoms with van der Waals surface area (Å²) in [5, 5.41) is 12.8. The number of rotatable bonds is 7. The van der Waals surface area contributed by atoms with Gasteiger partial charge in [-0.05, 0) is 18.4 Å². The zero-order valence-electron chi connectivity index (χ0n) is 14.7. The quantitative estimate of drug-likeness (QED) is 0.460. The van der Waals surface area contributed by atoms with E-state index in [9.17, 15) is 0 Å². The van der Waals surface area contributed by atoms with E-state index < -0.39 is 0 Å². The summed E-state index contributed by atoms with van der Waals surface area (Å²) in [4.78, 5) is 4.46. The molecule has 0 N–H and O–H groups in total. The van der Waals surface area contributed by atoms with Crippen LogP contribution in [0.5, 0.6) is 0 Å². The minimum Gasteiger partial charge on any atom is -0.740 e. The molecule has 136 valence electrons. The Morgan fingerprint density at radius 3 is 2.44 bits per heavy atom. The van der Waals surface area contributed by atoms with Crippen molar-refractivity contribution in [3.63, 3.8) is 0 Å². The molecule has 0 aliphatic heterocycles. The van der Waals surface area contributed by atoms with Crippen molar-refractivity contribution >= 4 is 12.6 Å². The van der Waals surface area contributed by atoms with Gasteiger partial charge in [0, 0.05) is 17.3 Å². The Bertz CT molecular complexity index is 998. The van der Waals surface area contributed by atoms with Crippen LogP contribution in [0.1, 0.15) is 23.7 Å². The van der Waals surface area contributed by atoms with Crippen LogP contribution in [0, 0.1) is 0 Å². The minimum absolute atomic E-state index is 0.412. The van der Waals surface area contributed by atoms with E-state index in [-0.39, 0.29) is 0 Å². The van der Waals surface area contributed by atoms with Gasteiger partial charge in [-0.2, -0.15) is 10.1 Å². The molecule has 2 aromatic carbocycles. The Hall–Kier alpha value is -3.06. The molecule has 0 aliphatic rings. The first-order valence-corrected chi connectivity index (χ1v) is 9.21. The van der Waals surface area contributed by atoms with E-state index in [4.69, 9.17) is 17.2 Å². The molecule has 7 heteroatoms. The molecule has 0 saturated carbocycles. The van der Waals surface area contributed by atoms with Crippen molar-refractivity contribution in [3.05, 3.63) is 77.9 Å². The lowest BCUT2D eigenvalue weighted by Gasteiger charge is -2.12. The highest BCUT2D eigenvalue weighted by molar-refractivity contribution is 7.58. The van der Waals surface area contributed by atoms with E-state index >= 15 is 0 Å². The van der Waals surface area contributed by atoms with Gasteiger partial charge in [-0.15, -0.1) is 5.10 Å². The van der Waals surface area contributed by atoms with Gasteiger partial charge in [0.05, 0.1) is 6.42 Å². The molecule has 0 amide bonds. The predicted molar refractivity (Wildman–Crippen MR) is 103 cm³/mol. The van der Waals surface area contributed by atoms with Crippen molar-refractivity contribution in [2.45, 2.75) is 31.0 Å². The average molecular weight is 376 g/mol. The number of aromatic nitrogens is 5.